The number of methoxy groups -OCH3 is 1. The van der Waals surface area contributed by atoms with E-state index in [1.165, 1.54) is 4.90 Å². The van der Waals surface area contributed by atoms with Gasteiger partial charge in [0.05, 0.1) is 12.2 Å². The van der Waals surface area contributed by atoms with Gasteiger partial charge < -0.3 is 14.8 Å². The third-order valence-electron chi connectivity index (χ3n) is 4.67. The van der Waals surface area contributed by atoms with Gasteiger partial charge >= 0.3 is 0 Å². The molecule has 0 radical (unpaired) electrons. The zero-order valence-corrected chi connectivity index (χ0v) is 17.7. The highest BCUT2D eigenvalue weighted by Gasteiger charge is 2.38. The molecule has 0 aromatic heterocycles. The van der Waals surface area contributed by atoms with Gasteiger partial charge in [-0.15, -0.1) is 0 Å². The van der Waals surface area contributed by atoms with Gasteiger partial charge in [-0.3, -0.25) is 14.5 Å². The van der Waals surface area contributed by atoms with Crippen molar-refractivity contribution in [3.63, 3.8) is 0 Å². The molecule has 0 saturated heterocycles. The number of ether oxygens (including phenoxy) is 2. The van der Waals surface area contributed by atoms with E-state index in [4.69, 9.17) is 9.47 Å². The van der Waals surface area contributed by atoms with Crippen molar-refractivity contribution in [1.82, 2.24) is 4.90 Å². The lowest BCUT2D eigenvalue weighted by molar-refractivity contribution is -0.136. The van der Waals surface area contributed by atoms with Gasteiger partial charge in [-0.2, -0.15) is 0 Å². The molecule has 2 aromatic carbocycles. The molecule has 0 fully saturated rings. The van der Waals surface area contributed by atoms with Crippen LogP contribution in [0.25, 0.3) is 5.57 Å². The van der Waals surface area contributed by atoms with Crippen molar-refractivity contribution in [3.05, 3.63) is 65.9 Å². The Labute approximate surface area is 177 Å². The summed E-state index contributed by atoms with van der Waals surface area (Å²) in [7, 11) is 1.60. The van der Waals surface area contributed by atoms with Crippen LogP contribution in [-0.2, 0) is 14.3 Å². The predicted molar refractivity (Wildman–Crippen MR) is 117 cm³/mol. The summed E-state index contributed by atoms with van der Waals surface area (Å²) in [5.41, 5.74) is 2.09. The van der Waals surface area contributed by atoms with Crippen LogP contribution in [0.3, 0.4) is 0 Å². The van der Waals surface area contributed by atoms with E-state index in [-0.39, 0.29) is 11.8 Å². The minimum Gasteiger partial charge on any atom is -0.493 e. The fraction of sp³-hybridized carbons (Fsp3) is 0.333. The van der Waals surface area contributed by atoms with E-state index >= 15 is 0 Å². The van der Waals surface area contributed by atoms with E-state index in [0.717, 1.165) is 11.4 Å². The Balaban J connectivity index is 1.90. The van der Waals surface area contributed by atoms with E-state index in [0.29, 0.717) is 48.9 Å². The smallest absolute Gasteiger partial charge is 0.278 e. The van der Waals surface area contributed by atoms with Crippen LogP contribution in [0.4, 0.5) is 5.69 Å². The minimum absolute atomic E-state index is 0.291. The predicted octanol–water partition coefficient (Wildman–Crippen LogP) is 3.95. The SMILES string of the molecule is COCCCN1C(=O)C(Nc2ccccc2)=C(c2ccc(OCC(C)C)cc2)C1=O. The number of amides is 2. The van der Waals surface area contributed by atoms with Crippen LogP contribution < -0.4 is 10.1 Å². The first-order valence-electron chi connectivity index (χ1n) is 10.2. The molecular formula is C24H28N2O4. The average molecular weight is 408 g/mol. The third kappa shape index (κ3) is 5.07. The van der Waals surface area contributed by atoms with Crippen molar-refractivity contribution in [3.8, 4) is 5.75 Å². The highest BCUT2D eigenvalue weighted by atomic mass is 16.5. The van der Waals surface area contributed by atoms with Gasteiger partial charge in [0.2, 0.25) is 0 Å². The number of nitrogens with one attached hydrogen (secondary N) is 1. The molecule has 30 heavy (non-hydrogen) atoms. The van der Waals surface area contributed by atoms with Crippen LogP contribution in [-0.4, -0.2) is 43.6 Å². The van der Waals surface area contributed by atoms with Crippen molar-refractivity contribution in [1.29, 1.82) is 0 Å². The van der Waals surface area contributed by atoms with Gasteiger partial charge in [-0.1, -0.05) is 44.2 Å². The number of hydrogen-bond acceptors (Lipinski definition) is 5. The van der Waals surface area contributed by atoms with E-state index in [1.807, 2.05) is 54.6 Å². The molecule has 1 heterocycles. The Bertz CT molecular complexity index is 905. The van der Waals surface area contributed by atoms with Crippen molar-refractivity contribution in [2.45, 2.75) is 20.3 Å². The lowest BCUT2D eigenvalue weighted by atomic mass is 10.0. The summed E-state index contributed by atoms with van der Waals surface area (Å²) in [5.74, 6) is 0.531. The summed E-state index contributed by atoms with van der Waals surface area (Å²) in [6.45, 7) is 5.58. The molecule has 0 unspecified atom stereocenters. The summed E-state index contributed by atoms with van der Waals surface area (Å²) in [6.07, 6.45) is 0.585. The van der Waals surface area contributed by atoms with Crippen LogP contribution in [0, 0.1) is 5.92 Å². The van der Waals surface area contributed by atoms with Crippen molar-refractivity contribution in [2.75, 3.05) is 32.2 Å². The second-order valence-corrected chi connectivity index (χ2v) is 7.58. The number of carbonyl (C=O) groups is 2. The van der Waals surface area contributed by atoms with E-state index in [2.05, 4.69) is 19.2 Å². The van der Waals surface area contributed by atoms with E-state index in [9.17, 15) is 9.59 Å². The number of rotatable bonds is 10. The maximum absolute atomic E-state index is 13.1. The summed E-state index contributed by atoms with van der Waals surface area (Å²) >= 11 is 0. The lowest BCUT2D eigenvalue weighted by Crippen LogP contribution is -2.33. The molecule has 0 spiro atoms. The fourth-order valence-electron chi connectivity index (χ4n) is 3.18. The summed E-state index contributed by atoms with van der Waals surface area (Å²) in [5, 5.41) is 3.15. The summed E-state index contributed by atoms with van der Waals surface area (Å²) in [4.78, 5) is 27.5. The molecule has 0 saturated carbocycles. The standard InChI is InChI=1S/C24H28N2O4/c1-17(2)16-30-20-12-10-18(11-13-20)21-22(25-19-8-5-4-6-9-19)24(28)26(23(21)27)14-7-15-29-3/h4-6,8-13,17,25H,7,14-16H2,1-3H3. The molecule has 6 heteroatoms. The maximum atomic E-state index is 13.1. The van der Waals surface area contributed by atoms with Crippen LogP contribution in [0.2, 0.25) is 0 Å². The van der Waals surface area contributed by atoms with Crippen LogP contribution >= 0.6 is 0 Å². The zero-order valence-electron chi connectivity index (χ0n) is 17.7. The Kier molecular flexibility index (Phi) is 7.25. The third-order valence-corrected chi connectivity index (χ3v) is 4.67. The normalized spacial score (nSPS) is 14.1. The van der Waals surface area contributed by atoms with Crippen LogP contribution in [0.5, 0.6) is 5.75 Å². The van der Waals surface area contributed by atoms with Gasteiger partial charge in [-0.25, -0.2) is 0 Å². The lowest BCUT2D eigenvalue weighted by Gasteiger charge is -2.15. The molecule has 2 amide bonds. The number of carbonyl (C=O) groups excluding carboxylic acids is 2. The molecule has 3 rings (SSSR count). The molecule has 0 aliphatic carbocycles. The maximum Gasteiger partial charge on any atom is 0.278 e. The highest BCUT2D eigenvalue weighted by Crippen LogP contribution is 2.31. The number of benzene rings is 2. The first-order chi connectivity index (χ1) is 14.5. The van der Waals surface area contributed by atoms with Crippen molar-refractivity contribution >= 4 is 23.1 Å². The first-order valence-corrected chi connectivity index (χ1v) is 10.2. The van der Waals surface area contributed by atoms with Gasteiger partial charge in [0, 0.05) is 25.9 Å². The number of hydrogen-bond donors (Lipinski definition) is 1. The van der Waals surface area contributed by atoms with E-state index in [1.54, 1.807) is 7.11 Å². The molecular weight excluding hydrogens is 380 g/mol. The average Bonchev–Trinajstić information content (AvgIpc) is 2.98. The fourth-order valence-corrected chi connectivity index (χ4v) is 3.18. The molecule has 158 valence electrons. The molecule has 0 atom stereocenters. The molecule has 1 aliphatic rings. The molecule has 1 aliphatic heterocycles. The summed E-state index contributed by atoms with van der Waals surface area (Å²) < 4.78 is 10.8. The second-order valence-electron chi connectivity index (χ2n) is 7.58. The minimum atomic E-state index is -0.324. The molecule has 2 aromatic rings. The molecule has 0 bridgehead atoms. The Morgan fingerprint density at radius 3 is 2.30 bits per heavy atom. The van der Waals surface area contributed by atoms with Gasteiger partial charge in [-0.05, 0) is 42.2 Å². The van der Waals surface area contributed by atoms with Crippen molar-refractivity contribution < 1.29 is 19.1 Å². The van der Waals surface area contributed by atoms with Gasteiger partial charge in [0.15, 0.2) is 0 Å². The molecule has 6 nitrogen and oxygen atoms in total. The monoisotopic (exact) mass is 408 g/mol. The highest BCUT2D eigenvalue weighted by molar-refractivity contribution is 6.36. The first kappa shape index (κ1) is 21.6. The van der Waals surface area contributed by atoms with Crippen molar-refractivity contribution in [2.24, 2.45) is 5.92 Å². The second kappa shape index (κ2) is 10.1. The van der Waals surface area contributed by atoms with Crippen LogP contribution in [0.15, 0.2) is 60.3 Å². The summed E-state index contributed by atoms with van der Waals surface area (Å²) in [6, 6.07) is 16.7. The number of anilines is 1. The Morgan fingerprint density at radius 2 is 1.67 bits per heavy atom. The van der Waals surface area contributed by atoms with Gasteiger partial charge in [0.25, 0.3) is 11.8 Å². The van der Waals surface area contributed by atoms with Crippen LogP contribution in [0.1, 0.15) is 25.8 Å². The van der Waals surface area contributed by atoms with Gasteiger partial charge in [0.1, 0.15) is 11.4 Å². The largest absolute Gasteiger partial charge is 0.493 e. The topological polar surface area (TPSA) is 67.9 Å². The number of nitrogens with zero attached hydrogens (tertiary/aromatic N) is 1. The number of imide groups is 1. The Morgan fingerprint density at radius 1 is 0.967 bits per heavy atom. The quantitative estimate of drug-likeness (QED) is 0.476. The zero-order chi connectivity index (χ0) is 21.5. The number of para-hydroxylation sites is 1. The molecule has 1 N–H and O–H groups in total. The van der Waals surface area contributed by atoms with E-state index < -0.39 is 0 Å². The Hall–Kier alpha value is -3.12.